The van der Waals surface area contributed by atoms with Crippen molar-refractivity contribution in [3.8, 4) is 11.1 Å². The molecule has 0 bridgehead atoms. The van der Waals surface area contributed by atoms with Gasteiger partial charge in [-0.1, -0.05) is 23.8 Å². The SMILES string of the molecule is COCCN(Cc1nc2scc(-c3ccc(C)cc3C)c2c(=O)[nH]1)CC(O)COC(C)C. The average Bonchev–Trinajstić information content (AvgIpc) is 3.14. The van der Waals surface area contributed by atoms with Gasteiger partial charge in [-0.05, 0) is 38.8 Å². The van der Waals surface area contributed by atoms with Crippen molar-refractivity contribution in [2.45, 2.75) is 46.4 Å². The van der Waals surface area contributed by atoms with E-state index in [1.165, 1.54) is 16.9 Å². The van der Waals surface area contributed by atoms with Crippen LogP contribution in [-0.2, 0) is 16.0 Å². The number of fused-ring (bicyclic) bond motifs is 1. The molecule has 0 radical (unpaired) electrons. The van der Waals surface area contributed by atoms with Crippen LogP contribution in [0.25, 0.3) is 21.3 Å². The van der Waals surface area contributed by atoms with Gasteiger partial charge in [0, 0.05) is 31.1 Å². The summed E-state index contributed by atoms with van der Waals surface area (Å²) in [6, 6.07) is 6.24. The number of thiophene rings is 1. The lowest BCUT2D eigenvalue weighted by atomic mass is 9.99. The molecule has 2 heterocycles. The number of aromatic nitrogens is 2. The first kappa shape index (κ1) is 24.5. The lowest BCUT2D eigenvalue weighted by Gasteiger charge is -2.24. The van der Waals surface area contributed by atoms with Crippen molar-refractivity contribution in [1.29, 1.82) is 0 Å². The topological polar surface area (TPSA) is 87.7 Å². The highest BCUT2D eigenvalue weighted by atomic mass is 32.1. The van der Waals surface area contributed by atoms with Gasteiger partial charge in [0.05, 0.1) is 37.4 Å². The van der Waals surface area contributed by atoms with Crippen molar-refractivity contribution in [1.82, 2.24) is 14.9 Å². The van der Waals surface area contributed by atoms with Gasteiger partial charge in [-0.25, -0.2) is 4.98 Å². The van der Waals surface area contributed by atoms with Gasteiger partial charge in [-0.2, -0.15) is 0 Å². The highest BCUT2D eigenvalue weighted by Gasteiger charge is 2.18. The zero-order valence-corrected chi connectivity index (χ0v) is 20.3. The predicted molar refractivity (Wildman–Crippen MR) is 129 cm³/mol. The molecule has 0 saturated carbocycles. The van der Waals surface area contributed by atoms with E-state index in [1.807, 2.05) is 24.1 Å². The van der Waals surface area contributed by atoms with Crippen molar-refractivity contribution in [3.05, 3.63) is 50.9 Å². The third-order valence-electron chi connectivity index (χ3n) is 5.24. The van der Waals surface area contributed by atoms with Crippen LogP contribution in [0.1, 0.15) is 30.8 Å². The molecule has 8 heteroatoms. The van der Waals surface area contributed by atoms with Crippen LogP contribution in [0.5, 0.6) is 0 Å². The van der Waals surface area contributed by atoms with Crippen LogP contribution in [0.4, 0.5) is 0 Å². The van der Waals surface area contributed by atoms with E-state index in [9.17, 15) is 9.90 Å². The molecule has 1 unspecified atom stereocenters. The smallest absolute Gasteiger partial charge is 0.260 e. The van der Waals surface area contributed by atoms with E-state index < -0.39 is 6.10 Å². The number of aliphatic hydroxyl groups is 1. The van der Waals surface area contributed by atoms with Crippen LogP contribution >= 0.6 is 11.3 Å². The monoisotopic (exact) mass is 459 g/mol. The maximum atomic E-state index is 13.0. The zero-order valence-electron chi connectivity index (χ0n) is 19.5. The number of H-pyrrole nitrogens is 1. The maximum absolute atomic E-state index is 13.0. The predicted octanol–water partition coefficient (Wildman–Crippen LogP) is 3.50. The van der Waals surface area contributed by atoms with E-state index in [1.54, 1.807) is 7.11 Å². The summed E-state index contributed by atoms with van der Waals surface area (Å²) >= 11 is 1.48. The molecule has 3 rings (SSSR count). The summed E-state index contributed by atoms with van der Waals surface area (Å²) in [5.74, 6) is 0.574. The van der Waals surface area contributed by atoms with Gasteiger partial charge in [0.2, 0.25) is 0 Å². The number of methoxy groups -OCH3 is 1. The van der Waals surface area contributed by atoms with Crippen LogP contribution < -0.4 is 5.56 Å². The third-order valence-corrected chi connectivity index (χ3v) is 6.11. The molecular formula is C24H33N3O4S. The van der Waals surface area contributed by atoms with Gasteiger partial charge in [0.15, 0.2) is 0 Å². The second-order valence-corrected chi connectivity index (χ2v) is 9.28. The minimum atomic E-state index is -0.637. The number of nitrogens with one attached hydrogen (secondary N) is 1. The van der Waals surface area contributed by atoms with Crippen LogP contribution in [0.15, 0.2) is 28.4 Å². The molecule has 0 saturated heterocycles. The van der Waals surface area contributed by atoms with Crippen LogP contribution in [-0.4, -0.2) is 65.6 Å². The van der Waals surface area contributed by atoms with E-state index >= 15 is 0 Å². The molecule has 0 aliphatic carbocycles. The molecule has 0 spiro atoms. The minimum absolute atomic E-state index is 0.0581. The first-order valence-corrected chi connectivity index (χ1v) is 11.8. The van der Waals surface area contributed by atoms with Crippen LogP contribution in [0.2, 0.25) is 0 Å². The van der Waals surface area contributed by atoms with Gasteiger partial charge in [0.25, 0.3) is 5.56 Å². The summed E-state index contributed by atoms with van der Waals surface area (Å²) in [6.07, 6.45) is -0.578. The highest BCUT2D eigenvalue weighted by molar-refractivity contribution is 7.17. The second kappa shape index (κ2) is 11.2. The molecular weight excluding hydrogens is 426 g/mol. The third kappa shape index (κ3) is 6.24. The first-order valence-electron chi connectivity index (χ1n) is 10.9. The molecule has 0 fully saturated rings. The highest BCUT2D eigenvalue weighted by Crippen LogP contribution is 2.33. The van der Waals surface area contributed by atoms with E-state index in [0.29, 0.717) is 42.3 Å². The van der Waals surface area contributed by atoms with E-state index in [-0.39, 0.29) is 18.3 Å². The molecule has 174 valence electrons. The quantitative estimate of drug-likeness (QED) is 0.456. The van der Waals surface area contributed by atoms with Gasteiger partial charge in [0.1, 0.15) is 10.7 Å². The number of aryl methyl sites for hydroxylation is 2. The standard InChI is InChI=1S/C24H33N3O4S/c1-15(2)31-13-18(28)11-27(8-9-30-5)12-21-25-23(29)22-20(14-32-24(22)26-21)19-7-6-16(3)10-17(19)4/h6-7,10,14-15,18,28H,8-9,11-13H2,1-5H3,(H,25,26,29). The van der Waals surface area contributed by atoms with E-state index in [2.05, 4.69) is 37.0 Å². The summed E-state index contributed by atoms with van der Waals surface area (Å²) < 4.78 is 10.7. The molecule has 0 aliphatic heterocycles. The Balaban J connectivity index is 1.84. The number of benzene rings is 1. The molecule has 1 aromatic carbocycles. The number of hydrogen-bond donors (Lipinski definition) is 2. The van der Waals surface area contributed by atoms with Crippen LogP contribution in [0.3, 0.4) is 0 Å². The summed E-state index contributed by atoms with van der Waals surface area (Å²) in [5.41, 5.74) is 4.16. The summed E-state index contributed by atoms with van der Waals surface area (Å²) in [7, 11) is 1.64. The largest absolute Gasteiger partial charge is 0.389 e. The van der Waals surface area contributed by atoms with Gasteiger partial charge in [-0.15, -0.1) is 11.3 Å². The summed E-state index contributed by atoms with van der Waals surface area (Å²) in [4.78, 5) is 23.4. The Morgan fingerprint density at radius 3 is 2.72 bits per heavy atom. The minimum Gasteiger partial charge on any atom is -0.389 e. The van der Waals surface area contributed by atoms with Crippen LogP contribution in [0, 0.1) is 13.8 Å². The Morgan fingerprint density at radius 1 is 1.25 bits per heavy atom. The molecule has 1 atom stereocenters. The molecule has 3 aromatic rings. The van der Waals surface area contributed by atoms with Gasteiger partial charge < -0.3 is 19.6 Å². The number of rotatable bonds is 11. The average molecular weight is 460 g/mol. The zero-order chi connectivity index (χ0) is 23.3. The van der Waals surface area contributed by atoms with Crippen molar-refractivity contribution in [2.24, 2.45) is 0 Å². The number of nitrogens with zero attached hydrogens (tertiary/aromatic N) is 2. The molecule has 2 N–H and O–H groups in total. The Bertz CT molecular complexity index is 1090. The summed E-state index contributed by atoms with van der Waals surface area (Å²) in [5, 5.41) is 13.0. The fourth-order valence-corrected chi connectivity index (χ4v) is 4.66. The van der Waals surface area contributed by atoms with Crippen molar-refractivity contribution < 1.29 is 14.6 Å². The summed E-state index contributed by atoms with van der Waals surface area (Å²) in [6.45, 7) is 10.2. The van der Waals surface area contributed by atoms with Crippen molar-refractivity contribution >= 4 is 21.6 Å². The molecule has 0 amide bonds. The number of aliphatic hydroxyl groups excluding tert-OH is 1. The molecule has 2 aromatic heterocycles. The lowest BCUT2D eigenvalue weighted by molar-refractivity contribution is -0.0124. The number of hydrogen-bond acceptors (Lipinski definition) is 7. The number of ether oxygens (including phenoxy) is 2. The number of aromatic amines is 1. The second-order valence-electron chi connectivity index (χ2n) is 8.42. The van der Waals surface area contributed by atoms with Crippen molar-refractivity contribution in [3.63, 3.8) is 0 Å². The Kier molecular flexibility index (Phi) is 8.56. The Morgan fingerprint density at radius 2 is 2.03 bits per heavy atom. The fourth-order valence-electron chi connectivity index (χ4n) is 3.70. The van der Waals surface area contributed by atoms with E-state index in [0.717, 1.165) is 16.7 Å². The molecule has 7 nitrogen and oxygen atoms in total. The lowest BCUT2D eigenvalue weighted by Crippen LogP contribution is -2.37. The van der Waals surface area contributed by atoms with Gasteiger partial charge in [-0.3, -0.25) is 9.69 Å². The normalized spacial score (nSPS) is 12.9. The molecule has 32 heavy (non-hydrogen) atoms. The van der Waals surface area contributed by atoms with E-state index in [4.69, 9.17) is 14.5 Å². The Hall–Kier alpha value is -2.10. The first-order chi connectivity index (χ1) is 15.3. The molecule has 0 aliphatic rings. The maximum Gasteiger partial charge on any atom is 0.260 e. The fraction of sp³-hybridized carbons (Fsp3) is 0.500. The Labute approximate surface area is 193 Å². The van der Waals surface area contributed by atoms with Gasteiger partial charge >= 0.3 is 0 Å². The van der Waals surface area contributed by atoms with Crippen molar-refractivity contribution in [2.75, 3.05) is 33.4 Å².